The van der Waals surface area contributed by atoms with Crippen LogP contribution in [-0.4, -0.2) is 23.4 Å². The third-order valence-electron chi connectivity index (χ3n) is 4.36. The predicted octanol–water partition coefficient (Wildman–Crippen LogP) is 4.53. The molecule has 0 saturated carbocycles. The van der Waals surface area contributed by atoms with E-state index in [0.717, 1.165) is 0 Å². The summed E-state index contributed by atoms with van der Waals surface area (Å²) in [5, 5.41) is 22.6. The second-order valence-electron chi connectivity index (χ2n) is 6.59. The minimum absolute atomic E-state index is 0.152. The van der Waals surface area contributed by atoms with Gasteiger partial charge in [-0.2, -0.15) is 5.26 Å². The molecule has 0 aromatic heterocycles. The van der Waals surface area contributed by atoms with Gasteiger partial charge in [-0.25, -0.2) is 4.79 Å². The van der Waals surface area contributed by atoms with Gasteiger partial charge in [-0.15, -0.1) is 0 Å². The quantitative estimate of drug-likeness (QED) is 0.268. The standard InChI is InChI=1S/C23H16BrN3O6/c24-18-12-17(27(30)31)10-11-19(18)26-23(29)22(15-6-2-1-3-7-15)33-21(28)14-32-20-9-5-4-8-16(20)13-25/h1-12,22H,14H2,(H,26,29). The number of nitro groups is 1. The Balaban J connectivity index is 1.75. The molecule has 10 heteroatoms. The summed E-state index contributed by atoms with van der Waals surface area (Å²) < 4.78 is 11.1. The fourth-order valence-corrected chi connectivity index (χ4v) is 3.27. The monoisotopic (exact) mass is 509 g/mol. The molecule has 9 nitrogen and oxygen atoms in total. The molecule has 1 atom stereocenters. The Morgan fingerprint density at radius 2 is 1.79 bits per heavy atom. The van der Waals surface area contributed by atoms with E-state index < -0.39 is 29.5 Å². The molecule has 0 bridgehead atoms. The van der Waals surface area contributed by atoms with Gasteiger partial charge in [-0.1, -0.05) is 42.5 Å². The smallest absolute Gasteiger partial charge is 0.345 e. The molecule has 0 heterocycles. The molecule has 3 rings (SSSR count). The van der Waals surface area contributed by atoms with Crippen LogP contribution < -0.4 is 10.1 Å². The number of para-hydroxylation sites is 1. The van der Waals surface area contributed by atoms with Gasteiger partial charge in [-0.05, 0) is 34.1 Å². The number of rotatable bonds is 8. The lowest BCUT2D eigenvalue weighted by atomic mass is 10.1. The first-order valence-corrected chi connectivity index (χ1v) is 10.3. The molecule has 3 aromatic carbocycles. The van der Waals surface area contributed by atoms with Crippen molar-refractivity contribution in [1.29, 1.82) is 5.26 Å². The molecule has 166 valence electrons. The summed E-state index contributed by atoms with van der Waals surface area (Å²) in [6, 6.07) is 20.6. The fraction of sp³-hybridized carbons (Fsp3) is 0.0870. The molecule has 0 saturated heterocycles. The average molecular weight is 510 g/mol. The molecule has 0 aliphatic heterocycles. The summed E-state index contributed by atoms with van der Waals surface area (Å²) in [6.07, 6.45) is -1.31. The van der Waals surface area contributed by atoms with Crippen molar-refractivity contribution < 1.29 is 24.0 Å². The van der Waals surface area contributed by atoms with Crippen LogP contribution in [0.25, 0.3) is 0 Å². The van der Waals surface area contributed by atoms with Crippen molar-refractivity contribution in [3.8, 4) is 11.8 Å². The van der Waals surface area contributed by atoms with Crippen LogP contribution in [0, 0.1) is 21.4 Å². The van der Waals surface area contributed by atoms with Crippen molar-refractivity contribution >= 4 is 39.2 Å². The van der Waals surface area contributed by atoms with Gasteiger partial charge in [0.15, 0.2) is 6.61 Å². The minimum atomic E-state index is -1.31. The summed E-state index contributed by atoms with van der Waals surface area (Å²) in [5.74, 6) is -1.27. The molecule has 1 unspecified atom stereocenters. The number of nitrogens with zero attached hydrogens (tertiary/aromatic N) is 2. The molecule has 1 amide bonds. The first-order chi connectivity index (χ1) is 15.9. The highest BCUT2D eigenvalue weighted by Crippen LogP contribution is 2.29. The molecule has 0 radical (unpaired) electrons. The lowest BCUT2D eigenvalue weighted by Crippen LogP contribution is -2.28. The molecule has 1 N–H and O–H groups in total. The number of benzene rings is 3. The summed E-state index contributed by atoms with van der Waals surface area (Å²) in [6.45, 7) is -0.517. The number of nitriles is 1. The maximum Gasteiger partial charge on any atom is 0.345 e. The molecular formula is C23H16BrN3O6. The molecular weight excluding hydrogens is 494 g/mol. The Hall–Kier alpha value is -4.23. The maximum atomic E-state index is 13.0. The second-order valence-corrected chi connectivity index (χ2v) is 7.44. The SMILES string of the molecule is N#Cc1ccccc1OCC(=O)OC(C(=O)Nc1ccc([N+](=O)[O-])cc1Br)c1ccccc1. The highest BCUT2D eigenvalue weighted by atomic mass is 79.9. The molecule has 0 aliphatic carbocycles. The number of amides is 1. The van der Waals surface area contributed by atoms with Gasteiger partial charge in [0.2, 0.25) is 6.10 Å². The number of non-ortho nitro benzene ring substituents is 1. The average Bonchev–Trinajstić information content (AvgIpc) is 2.83. The van der Waals surface area contributed by atoms with Crippen molar-refractivity contribution in [2.45, 2.75) is 6.10 Å². The highest BCUT2D eigenvalue weighted by molar-refractivity contribution is 9.10. The molecule has 3 aromatic rings. The van der Waals surface area contributed by atoms with Crippen LogP contribution in [0.15, 0.2) is 77.3 Å². The maximum absolute atomic E-state index is 13.0. The van der Waals surface area contributed by atoms with Crippen LogP contribution in [0.1, 0.15) is 17.2 Å². The van der Waals surface area contributed by atoms with E-state index in [1.165, 1.54) is 18.2 Å². The first-order valence-electron chi connectivity index (χ1n) is 9.50. The Labute approximate surface area is 196 Å². The largest absolute Gasteiger partial charge is 0.481 e. The van der Waals surface area contributed by atoms with Crippen LogP contribution in [0.2, 0.25) is 0 Å². The van der Waals surface area contributed by atoms with E-state index in [-0.39, 0.29) is 22.7 Å². The molecule has 0 spiro atoms. The lowest BCUT2D eigenvalue weighted by Gasteiger charge is -2.19. The number of hydrogen-bond donors (Lipinski definition) is 1. The first kappa shape index (κ1) is 23.4. The Morgan fingerprint density at radius 3 is 2.45 bits per heavy atom. The van der Waals surface area contributed by atoms with Gasteiger partial charge in [0, 0.05) is 22.2 Å². The number of carbonyl (C=O) groups is 2. The van der Waals surface area contributed by atoms with Crippen molar-refractivity contribution in [2.75, 3.05) is 11.9 Å². The molecule has 33 heavy (non-hydrogen) atoms. The van der Waals surface area contributed by atoms with Crippen molar-refractivity contribution in [2.24, 2.45) is 0 Å². The van der Waals surface area contributed by atoms with Crippen LogP contribution in [-0.2, 0) is 14.3 Å². The Morgan fingerprint density at radius 1 is 1.09 bits per heavy atom. The number of anilines is 1. The third kappa shape index (κ3) is 6.15. The Kier molecular flexibility index (Phi) is 7.73. The third-order valence-corrected chi connectivity index (χ3v) is 5.02. The van der Waals surface area contributed by atoms with Gasteiger partial charge in [-0.3, -0.25) is 14.9 Å². The number of esters is 1. The number of carbonyl (C=O) groups excluding carboxylic acids is 2. The molecule has 0 fully saturated rings. The highest BCUT2D eigenvalue weighted by Gasteiger charge is 2.26. The van der Waals surface area contributed by atoms with E-state index >= 15 is 0 Å². The van der Waals surface area contributed by atoms with E-state index in [4.69, 9.17) is 14.7 Å². The number of nitrogens with one attached hydrogen (secondary N) is 1. The van der Waals surface area contributed by atoms with Crippen molar-refractivity contribution in [3.05, 3.63) is 98.5 Å². The van der Waals surface area contributed by atoms with Crippen LogP contribution in [0.4, 0.5) is 11.4 Å². The van der Waals surface area contributed by atoms with Crippen molar-refractivity contribution in [1.82, 2.24) is 0 Å². The number of ether oxygens (including phenoxy) is 2. The van der Waals surface area contributed by atoms with E-state index in [1.54, 1.807) is 54.6 Å². The zero-order valence-corrected chi connectivity index (χ0v) is 18.5. The summed E-state index contributed by atoms with van der Waals surface area (Å²) >= 11 is 3.19. The second kappa shape index (κ2) is 10.9. The number of hydrogen-bond acceptors (Lipinski definition) is 7. The lowest BCUT2D eigenvalue weighted by molar-refractivity contribution is -0.384. The fourth-order valence-electron chi connectivity index (χ4n) is 2.81. The predicted molar refractivity (Wildman–Crippen MR) is 121 cm³/mol. The zero-order valence-electron chi connectivity index (χ0n) is 16.9. The van der Waals surface area contributed by atoms with E-state index in [1.807, 2.05) is 6.07 Å². The van der Waals surface area contributed by atoms with E-state index in [0.29, 0.717) is 10.0 Å². The van der Waals surface area contributed by atoms with Gasteiger partial charge in [0.05, 0.1) is 16.2 Å². The number of nitro benzene ring substituents is 1. The summed E-state index contributed by atoms with van der Waals surface area (Å²) in [7, 11) is 0. The van der Waals surface area contributed by atoms with Gasteiger partial charge in [0.25, 0.3) is 11.6 Å². The van der Waals surface area contributed by atoms with Gasteiger partial charge >= 0.3 is 5.97 Å². The Bertz CT molecular complexity index is 1230. The van der Waals surface area contributed by atoms with Gasteiger partial charge < -0.3 is 14.8 Å². The zero-order chi connectivity index (χ0) is 23.8. The van der Waals surface area contributed by atoms with Gasteiger partial charge in [0.1, 0.15) is 11.8 Å². The summed E-state index contributed by atoms with van der Waals surface area (Å²) in [4.78, 5) is 35.8. The van der Waals surface area contributed by atoms with Crippen LogP contribution in [0.5, 0.6) is 5.75 Å². The van der Waals surface area contributed by atoms with Crippen molar-refractivity contribution in [3.63, 3.8) is 0 Å². The normalized spacial score (nSPS) is 11.0. The topological polar surface area (TPSA) is 132 Å². The molecule has 0 aliphatic rings. The van der Waals surface area contributed by atoms with Crippen LogP contribution >= 0.6 is 15.9 Å². The van der Waals surface area contributed by atoms with E-state index in [9.17, 15) is 19.7 Å². The number of halogens is 1. The van der Waals surface area contributed by atoms with E-state index in [2.05, 4.69) is 21.2 Å². The van der Waals surface area contributed by atoms with Crippen LogP contribution in [0.3, 0.4) is 0 Å². The minimum Gasteiger partial charge on any atom is -0.481 e. The summed E-state index contributed by atoms with van der Waals surface area (Å²) in [5.41, 5.74) is 0.784.